The first-order chi connectivity index (χ1) is 10.8. The molecule has 4 heteroatoms. The van der Waals surface area contributed by atoms with Crippen molar-refractivity contribution in [2.75, 3.05) is 13.1 Å². The van der Waals surface area contributed by atoms with Gasteiger partial charge >= 0.3 is 0 Å². The fourth-order valence-electron chi connectivity index (χ4n) is 3.48. The van der Waals surface area contributed by atoms with Crippen molar-refractivity contribution in [2.45, 2.75) is 18.8 Å². The first kappa shape index (κ1) is 13.3. The summed E-state index contributed by atoms with van der Waals surface area (Å²) in [6.45, 7) is 2.05. The van der Waals surface area contributed by atoms with Gasteiger partial charge in [0.15, 0.2) is 0 Å². The minimum absolute atomic E-state index is 0.455. The molecule has 4 nitrogen and oxygen atoms in total. The number of hydrogen-bond donors (Lipinski definition) is 2. The van der Waals surface area contributed by atoms with Gasteiger partial charge in [-0.05, 0) is 42.6 Å². The summed E-state index contributed by atoms with van der Waals surface area (Å²) in [5.41, 5.74) is 3.04. The molecule has 0 aliphatic carbocycles. The number of aromatic nitrogens is 2. The molecule has 0 saturated carbocycles. The molecule has 0 atom stereocenters. The Morgan fingerprint density at radius 2 is 1.82 bits per heavy atom. The van der Waals surface area contributed by atoms with Gasteiger partial charge in [0.05, 0.1) is 6.20 Å². The summed E-state index contributed by atoms with van der Waals surface area (Å²) in [6.07, 6.45) is 4.00. The van der Waals surface area contributed by atoms with E-state index in [0.29, 0.717) is 5.92 Å². The van der Waals surface area contributed by atoms with Crippen molar-refractivity contribution in [3.05, 3.63) is 54.2 Å². The van der Waals surface area contributed by atoms with Gasteiger partial charge < -0.3 is 10.5 Å². The van der Waals surface area contributed by atoms with Crippen LogP contribution in [0.3, 0.4) is 0 Å². The van der Waals surface area contributed by atoms with Crippen LogP contribution in [0.25, 0.3) is 22.0 Å². The van der Waals surface area contributed by atoms with Crippen LogP contribution in [-0.2, 0) is 0 Å². The fraction of sp³-hybridized carbons (Fsp3) is 0.278. The van der Waals surface area contributed by atoms with E-state index in [1.165, 1.54) is 5.39 Å². The quantitative estimate of drug-likeness (QED) is 0.712. The maximum atomic E-state index is 10.3. The lowest BCUT2D eigenvalue weighted by molar-refractivity contribution is 0.153. The molecule has 3 aromatic rings. The smallest absolute Gasteiger partial charge is 0.114 e. The van der Waals surface area contributed by atoms with E-state index < -0.39 is 0 Å². The van der Waals surface area contributed by atoms with Crippen LogP contribution in [0, 0.1) is 0 Å². The standard InChI is InChI=1S/C18H19N3O/c22-21-18(17(12-20-21)14-8-10-19-11-9-14)16-7-3-5-13-4-1-2-6-15(13)16/h1-7,12,14,19,22H,8-11H2. The van der Waals surface area contributed by atoms with Crippen LogP contribution in [0.2, 0.25) is 0 Å². The molecule has 1 aromatic heterocycles. The minimum Gasteiger partial charge on any atom is -0.411 e. The van der Waals surface area contributed by atoms with Crippen molar-refractivity contribution in [1.29, 1.82) is 0 Å². The Balaban J connectivity index is 1.89. The van der Waals surface area contributed by atoms with E-state index in [2.05, 4.69) is 34.7 Å². The van der Waals surface area contributed by atoms with Crippen LogP contribution in [0.4, 0.5) is 0 Å². The molecule has 0 amide bonds. The summed E-state index contributed by atoms with van der Waals surface area (Å²) in [5.74, 6) is 0.455. The van der Waals surface area contributed by atoms with E-state index in [9.17, 15) is 5.21 Å². The second-order valence-corrected chi connectivity index (χ2v) is 5.89. The molecule has 2 heterocycles. The highest BCUT2D eigenvalue weighted by Crippen LogP contribution is 2.36. The topological polar surface area (TPSA) is 50.1 Å². The highest BCUT2D eigenvalue weighted by atomic mass is 16.5. The van der Waals surface area contributed by atoms with Gasteiger partial charge in [0.1, 0.15) is 5.69 Å². The Hall–Kier alpha value is -2.33. The lowest BCUT2D eigenvalue weighted by Crippen LogP contribution is -2.26. The van der Waals surface area contributed by atoms with Gasteiger partial charge in [0.2, 0.25) is 0 Å². The molecule has 22 heavy (non-hydrogen) atoms. The molecular weight excluding hydrogens is 274 g/mol. The third kappa shape index (κ3) is 2.16. The number of hydrogen-bond acceptors (Lipinski definition) is 3. The largest absolute Gasteiger partial charge is 0.411 e. The molecule has 0 unspecified atom stereocenters. The third-order valence-electron chi connectivity index (χ3n) is 4.60. The van der Waals surface area contributed by atoms with Gasteiger partial charge in [-0.15, -0.1) is 9.94 Å². The Labute approximate surface area is 129 Å². The number of nitrogens with one attached hydrogen (secondary N) is 1. The molecule has 112 valence electrons. The second-order valence-electron chi connectivity index (χ2n) is 5.89. The van der Waals surface area contributed by atoms with Crippen molar-refractivity contribution < 1.29 is 5.21 Å². The van der Waals surface area contributed by atoms with Gasteiger partial charge in [0, 0.05) is 11.1 Å². The van der Waals surface area contributed by atoms with Crippen LogP contribution in [0.1, 0.15) is 24.3 Å². The first-order valence-corrected chi connectivity index (χ1v) is 7.80. The van der Waals surface area contributed by atoms with E-state index in [0.717, 1.165) is 53.0 Å². The van der Waals surface area contributed by atoms with E-state index in [4.69, 9.17) is 0 Å². The van der Waals surface area contributed by atoms with Gasteiger partial charge in [-0.25, -0.2) is 0 Å². The summed E-state index contributed by atoms with van der Waals surface area (Å²) in [7, 11) is 0. The highest BCUT2D eigenvalue weighted by molar-refractivity contribution is 5.96. The van der Waals surface area contributed by atoms with Crippen molar-refractivity contribution in [1.82, 2.24) is 15.3 Å². The molecular formula is C18H19N3O. The Bertz CT molecular complexity index is 798. The van der Waals surface area contributed by atoms with Gasteiger partial charge in [0.25, 0.3) is 0 Å². The van der Waals surface area contributed by atoms with Crippen LogP contribution in [-0.4, -0.2) is 28.2 Å². The Morgan fingerprint density at radius 3 is 2.68 bits per heavy atom. The highest BCUT2D eigenvalue weighted by Gasteiger charge is 2.23. The zero-order chi connectivity index (χ0) is 14.9. The first-order valence-electron chi connectivity index (χ1n) is 7.80. The SMILES string of the molecule is On1ncc(C2CCNCC2)c1-c1cccc2ccccc12. The summed E-state index contributed by atoms with van der Waals surface area (Å²) in [6, 6.07) is 14.5. The van der Waals surface area contributed by atoms with Gasteiger partial charge in [-0.2, -0.15) is 0 Å². The molecule has 2 aromatic carbocycles. The molecule has 0 bridgehead atoms. The molecule has 1 aliphatic heterocycles. The molecule has 0 radical (unpaired) electrons. The third-order valence-corrected chi connectivity index (χ3v) is 4.60. The fourth-order valence-corrected chi connectivity index (χ4v) is 3.48. The number of benzene rings is 2. The van der Waals surface area contributed by atoms with E-state index >= 15 is 0 Å². The van der Waals surface area contributed by atoms with E-state index in [-0.39, 0.29) is 0 Å². The molecule has 1 aliphatic rings. The van der Waals surface area contributed by atoms with Crippen LogP contribution in [0.5, 0.6) is 0 Å². The van der Waals surface area contributed by atoms with Crippen molar-refractivity contribution in [3.8, 4) is 11.3 Å². The second kappa shape index (κ2) is 5.46. The molecule has 1 fully saturated rings. The van der Waals surface area contributed by atoms with Gasteiger partial charge in [-0.1, -0.05) is 42.5 Å². The van der Waals surface area contributed by atoms with Crippen molar-refractivity contribution in [3.63, 3.8) is 0 Å². The van der Waals surface area contributed by atoms with Crippen molar-refractivity contribution >= 4 is 10.8 Å². The summed E-state index contributed by atoms with van der Waals surface area (Å²) >= 11 is 0. The number of nitrogens with zero attached hydrogens (tertiary/aromatic N) is 2. The summed E-state index contributed by atoms with van der Waals surface area (Å²) in [4.78, 5) is 1.04. The Morgan fingerprint density at radius 1 is 1.05 bits per heavy atom. The number of fused-ring (bicyclic) bond motifs is 1. The van der Waals surface area contributed by atoms with Crippen LogP contribution >= 0.6 is 0 Å². The lowest BCUT2D eigenvalue weighted by atomic mass is 9.88. The van der Waals surface area contributed by atoms with Crippen LogP contribution in [0.15, 0.2) is 48.7 Å². The van der Waals surface area contributed by atoms with Crippen LogP contribution < -0.4 is 5.32 Å². The predicted octanol–water partition coefficient (Wildman–Crippen LogP) is 3.41. The molecule has 2 N–H and O–H groups in total. The number of rotatable bonds is 2. The maximum Gasteiger partial charge on any atom is 0.114 e. The molecule has 0 spiro atoms. The zero-order valence-electron chi connectivity index (χ0n) is 12.4. The zero-order valence-corrected chi connectivity index (χ0v) is 12.4. The average Bonchev–Trinajstić information content (AvgIpc) is 2.96. The Kier molecular flexibility index (Phi) is 3.31. The predicted molar refractivity (Wildman–Crippen MR) is 87.2 cm³/mol. The average molecular weight is 293 g/mol. The summed E-state index contributed by atoms with van der Waals surface area (Å²) < 4.78 is 0. The van der Waals surface area contributed by atoms with E-state index in [1.807, 2.05) is 24.4 Å². The molecule has 1 saturated heterocycles. The minimum atomic E-state index is 0.455. The van der Waals surface area contributed by atoms with E-state index in [1.54, 1.807) is 0 Å². The monoisotopic (exact) mass is 293 g/mol. The lowest BCUT2D eigenvalue weighted by Gasteiger charge is -2.23. The van der Waals surface area contributed by atoms with Gasteiger partial charge in [-0.3, -0.25) is 0 Å². The van der Waals surface area contributed by atoms with Crippen molar-refractivity contribution in [2.24, 2.45) is 0 Å². The maximum absolute atomic E-state index is 10.3. The number of piperidine rings is 1. The molecule has 4 rings (SSSR count). The summed E-state index contributed by atoms with van der Waals surface area (Å²) in [5, 5.41) is 20.1. The normalized spacial score (nSPS) is 16.2.